The first-order chi connectivity index (χ1) is 7.30. The lowest BCUT2D eigenvalue weighted by Crippen LogP contribution is -2.41. The smallest absolute Gasteiger partial charge is 0.0192 e. The lowest BCUT2D eigenvalue weighted by Gasteiger charge is -2.26. The molecule has 0 saturated heterocycles. The zero-order valence-electron chi connectivity index (χ0n) is 10.8. The molecular formula is C13H28N2. The highest BCUT2D eigenvalue weighted by Gasteiger charge is 2.24. The summed E-state index contributed by atoms with van der Waals surface area (Å²) in [5, 5.41) is 3.64. The fraction of sp³-hybridized carbons (Fsp3) is 1.00. The molecule has 0 heterocycles. The molecule has 1 rings (SSSR count). The van der Waals surface area contributed by atoms with Crippen molar-refractivity contribution in [1.82, 2.24) is 10.2 Å². The van der Waals surface area contributed by atoms with E-state index in [4.69, 9.17) is 0 Å². The Morgan fingerprint density at radius 1 is 1.27 bits per heavy atom. The molecule has 1 fully saturated rings. The second-order valence-electron chi connectivity index (χ2n) is 4.85. The van der Waals surface area contributed by atoms with Gasteiger partial charge in [-0.2, -0.15) is 0 Å². The highest BCUT2D eigenvalue weighted by atomic mass is 15.1. The van der Waals surface area contributed by atoms with Gasteiger partial charge in [-0.1, -0.05) is 20.8 Å². The first kappa shape index (κ1) is 13.0. The van der Waals surface area contributed by atoms with Gasteiger partial charge in [-0.15, -0.1) is 0 Å². The average molecular weight is 212 g/mol. The van der Waals surface area contributed by atoms with E-state index < -0.39 is 0 Å². The molecule has 1 aliphatic carbocycles. The molecule has 1 unspecified atom stereocenters. The van der Waals surface area contributed by atoms with E-state index in [2.05, 4.69) is 31.0 Å². The maximum Gasteiger partial charge on any atom is 0.0192 e. The summed E-state index contributed by atoms with van der Waals surface area (Å²) < 4.78 is 0. The first-order valence-electron chi connectivity index (χ1n) is 6.75. The number of nitrogens with zero attached hydrogens (tertiary/aromatic N) is 1. The third kappa shape index (κ3) is 5.53. The molecule has 90 valence electrons. The summed E-state index contributed by atoms with van der Waals surface area (Å²) in [5.41, 5.74) is 0. The van der Waals surface area contributed by atoms with E-state index in [0.717, 1.165) is 5.92 Å². The topological polar surface area (TPSA) is 15.3 Å². The Bertz CT molecular complexity index is 155. The van der Waals surface area contributed by atoms with Crippen LogP contribution in [0.5, 0.6) is 0 Å². The second-order valence-corrected chi connectivity index (χ2v) is 4.85. The fourth-order valence-electron chi connectivity index (χ4n) is 2.00. The lowest BCUT2D eigenvalue weighted by atomic mass is 10.2. The van der Waals surface area contributed by atoms with Gasteiger partial charge >= 0.3 is 0 Å². The second kappa shape index (κ2) is 7.24. The van der Waals surface area contributed by atoms with E-state index in [0.29, 0.717) is 6.04 Å². The minimum absolute atomic E-state index is 0.698. The molecule has 0 aromatic carbocycles. The fourth-order valence-corrected chi connectivity index (χ4v) is 2.00. The van der Waals surface area contributed by atoms with Crippen molar-refractivity contribution in [3.8, 4) is 0 Å². The molecule has 0 aromatic rings. The molecule has 0 amide bonds. The molecule has 2 nitrogen and oxygen atoms in total. The normalized spacial score (nSPS) is 18.4. The monoisotopic (exact) mass is 212 g/mol. The SMILES string of the molecule is CCCNC(CC)CN(CC)CC1CC1. The van der Waals surface area contributed by atoms with Gasteiger partial charge in [-0.25, -0.2) is 0 Å². The number of hydrogen-bond acceptors (Lipinski definition) is 2. The predicted molar refractivity (Wildman–Crippen MR) is 67.2 cm³/mol. The van der Waals surface area contributed by atoms with Gasteiger partial charge in [0.1, 0.15) is 0 Å². The molecule has 1 N–H and O–H groups in total. The summed E-state index contributed by atoms with van der Waals surface area (Å²) in [6, 6.07) is 0.698. The van der Waals surface area contributed by atoms with Gasteiger partial charge < -0.3 is 10.2 Å². The summed E-state index contributed by atoms with van der Waals surface area (Å²) >= 11 is 0. The Morgan fingerprint density at radius 3 is 2.47 bits per heavy atom. The Morgan fingerprint density at radius 2 is 2.00 bits per heavy atom. The predicted octanol–water partition coefficient (Wildman–Crippen LogP) is 2.50. The van der Waals surface area contributed by atoms with Crippen LogP contribution < -0.4 is 5.32 Å². The van der Waals surface area contributed by atoms with Gasteiger partial charge in [0.05, 0.1) is 0 Å². The van der Waals surface area contributed by atoms with Crippen molar-refractivity contribution in [2.24, 2.45) is 5.92 Å². The van der Waals surface area contributed by atoms with Crippen molar-refractivity contribution in [3.63, 3.8) is 0 Å². The van der Waals surface area contributed by atoms with E-state index in [1.54, 1.807) is 0 Å². The standard InChI is InChI=1S/C13H28N2/c1-4-9-14-13(5-2)11-15(6-3)10-12-7-8-12/h12-14H,4-11H2,1-3H3. The quantitative estimate of drug-likeness (QED) is 0.632. The molecule has 0 spiro atoms. The Labute approximate surface area is 95.4 Å². The Hall–Kier alpha value is -0.0800. The van der Waals surface area contributed by atoms with Crippen LogP contribution in [0.3, 0.4) is 0 Å². The van der Waals surface area contributed by atoms with E-state index in [1.807, 2.05) is 0 Å². The summed E-state index contributed by atoms with van der Waals surface area (Å²) in [7, 11) is 0. The summed E-state index contributed by atoms with van der Waals surface area (Å²) in [4.78, 5) is 2.62. The van der Waals surface area contributed by atoms with E-state index in [9.17, 15) is 0 Å². The number of hydrogen-bond donors (Lipinski definition) is 1. The van der Waals surface area contributed by atoms with Gasteiger partial charge in [0.2, 0.25) is 0 Å². The molecule has 0 aromatic heterocycles. The first-order valence-corrected chi connectivity index (χ1v) is 6.75. The van der Waals surface area contributed by atoms with Crippen LogP contribution in [-0.4, -0.2) is 37.1 Å². The van der Waals surface area contributed by atoms with E-state index in [-0.39, 0.29) is 0 Å². The van der Waals surface area contributed by atoms with Crippen molar-refractivity contribution in [2.75, 3.05) is 26.2 Å². The highest BCUT2D eigenvalue weighted by molar-refractivity contribution is 4.79. The molecular weight excluding hydrogens is 184 g/mol. The van der Waals surface area contributed by atoms with E-state index >= 15 is 0 Å². The van der Waals surface area contributed by atoms with Crippen molar-refractivity contribution in [3.05, 3.63) is 0 Å². The molecule has 1 aliphatic rings. The van der Waals surface area contributed by atoms with Crippen LogP contribution >= 0.6 is 0 Å². The van der Waals surface area contributed by atoms with Gasteiger partial charge in [0, 0.05) is 19.1 Å². The third-order valence-electron chi connectivity index (χ3n) is 3.31. The van der Waals surface area contributed by atoms with Crippen molar-refractivity contribution >= 4 is 0 Å². The van der Waals surface area contributed by atoms with Crippen molar-refractivity contribution in [1.29, 1.82) is 0 Å². The van der Waals surface area contributed by atoms with Crippen molar-refractivity contribution in [2.45, 2.75) is 52.5 Å². The van der Waals surface area contributed by atoms with Gasteiger partial charge in [0.15, 0.2) is 0 Å². The van der Waals surface area contributed by atoms with Crippen LogP contribution in [0.1, 0.15) is 46.5 Å². The minimum atomic E-state index is 0.698. The van der Waals surface area contributed by atoms with E-state index in [1.165, 1.54) is 51.9 Å². The average Bonchev–Trinajstić information content (AvgIpc) is 3.06. The van der Waals surface area contributed by atoms with Crippen LogP contribution in [0.4, 0.5) is 0 Å². The maximum atomic E-state index is 3.64. The van der Waals surface area contributed by atoms with Crippen LogP contribution in [0, 0.1) is 5.92 Å². The van der Waals surface area contributed by atoms with Gasteiger partial charge in [-0.05, 0) is 44.7 Å². The molecule has 1 atom stereocenters. The summed E-state index contributed by atoms with van der Waals surface area (Å²) in [6.07, 6.45) is 5.43. The zero-order chi connectivity index (χ0) is 11.1. The van der Waals surface area contributed by atoms with Crippen LogP contribution in [0.25, 0.3) is 0 Å². The summed E-state index contributed by atoms with van der Waals surface area (Å²) in [6.45, 7) is 11.8. The number of rotatable bonds is 9. The zero-order valence-corrected chi connectivity index (χ0v) is 10.8. The Balaban J connectivity index is 2.19. The minimum Gasteiger partial charge on any atom is -0.313 e. The highest BCUT2D eigenvalue weighted by Crippen LogP contribution is 2.29. The molecule has 15 heavy (non-hydrogen) atoms. The summed E-state index contributed by atoms with van der Waals surface area (Å²) in [5.74, 6) is 1.02. The number of nitrogens with one attached hydrogen (secondary N) is 1. The molecule has 1 saturated carbocycles. The van der Waals surface area contributed by atoms with Crippen molar-refractivity contribution < 1.29 is 0 Å². The molecule has 0 radical (unpaired) electrons. The van der Waals surface area contributed by atoms with Gasteiger partial charge in [0.25, 0.3) is 0 Å². The lowest BCUT2D eigenvalue weighted by molar-refractivity contribution is 0.240. The molecule has 0 aliphatic heterocycles. The van der Waals surface area contributed by atoms with Crippen LogP contribution in [-0.2, 0) is 0 Å². The Kier molecular flexibility index (Phi) is 6.26. The van der Waals surface area contributed by atoms with Gasteiger partial charge in [-0.3, -0.25) is 0 Å². The largest absolute Gasteiger partial charge is 0.313 e. The van der Waals surface area contributed by atoms with Crippen LogP contribution in [0.15, 0.2) is 0 Å². The molecule has 2 heteroatoms. The maximum absolute atomic E-state index is 3.64. The number of likely N-dealkylation sites (N-methyl/N-ethyl adjacent to an activating group) is 1. The third-order valence-corrected chi connectivity index (χ3v) is 3.31. The van der Waals surface area contributed by atoms with Crippen LogP contribution in [0.2, 0.25) is 0 Å². The molecule has 0 bridgehead atoms.